The second-order valence-corrected chi connectivity index (χ2v) is 6.15. The van der Waals surface area contributed by atoms with E-state index >= 15 is 0 Å². The second kappa shape index (κ2) is 5.55. The molecule has 1 aromatic carbocycles. The lowest BCUT2D eigenvalue weighted by Gasteiger charge is -2.03. The third-order valence-electron chi connectivity index (χ3n) is 3.12. The van der Waals surface area contributed by atoms with Crippen LogP contribution >= 0.6 is 22.6 Å². The Morgan fingerprint density at radius 1 is 1.14 bits per heavy atom. The number of rotatable bonds is 3. The zero-order valence-corrected chi connectivity index (χ0v) is 14.2. The van der Waals surface area contributed by atoms with Crippen LogP contribution in [0.4, 0.5) is 0 Å². The van der Waals surface area contributed by atoms with Gasteiger partial charge in [-0.05, 0) is 60.7 Å². The highest BCUT2D eigenvalue weighted by molar-refractivity contribution is 14.1. The van der Waals surface area contributed by atoms with Crippen LogP contribution in [0.3, 0.4) is 0 Å². The fourth-order valence-electron chi connectivity index (χ4n) is 1.90. The number of hydrogen-bond acceptors (Lipinski definition) is 4. The lowest BCUT2D eigenvalue weighted by molar-refractivity contribution is 0.455. The smallest absolute Gasteiger partial charge is 0.209 e. The van der Waals surface area contributed by atoms with Crippen LogP contribution in [0.2, 0.25) is 0 Å². The van der Waals surface area contributed by atoms with Gasteiger partial charge >= 0.3 is 0 Å². The van der Waals surface area contributed by atoms with Crippen LogP contribution in [0.15, 0.2) is 30.5 Å². The minimum atomic E-state index is 0.191. The molecule has 0 bridgehead atoms. The molecule has 0 saturated heterocycles. The van der Waals surface area contributed by atoms with Crippen molar-refractivity contribution in [2.75, 3.05) is 0 Å². The summed E-state index contributed by atoms with van der Waals surface area (Å²) in [6.45, 7) is 6.11. The van der Waals surface area contributed by atoms with E-state index in [2.05, 4.69) is 62.2 Å². The molecule has 0 aliphatic carbocycles. The number of nitrogens with zero attached hydrogens (tertiary/aromatic N) is 6. The summed E-state index contributed by atoms with van der Waals surface area (Å²) in [4.78, 5) is 1.61. The Kier molecular flexibility index (Phi) is 3.75. The van der Waals surface area contributed by atoms with Crippen LogP contribution in [0.5, 0.6) is 0 Å². The van der Waals surface area contributed by atoms with E-state index in [0.29, 0.717) is 5.82 Å². The van der Waals surface area contributed by atoms with Crippen LogP contribution < -0.4 is 0 Å². The van der Waals surface area contributed by atoms with Crippen LogP contribution in [0.25, 0.3) is 17.1 Å². The van der Waals surface area contributed by atoms with Crippen molar-refractivity contribution in [3.8, 4) is 17.1 Å². The quantitative estimate of drug-likeness (QED) is 0.641. The van der Waals surface area contributed by atoms with E-state index in [1.807, 2.05) is 30.7 Å². The van der Waals surface area contributed by atoms with Crippen LogP contribution in [-0.4, -0.2) is 30.0 Å². The minimum Gasteiger partial charge on any atom is -0.227 e. The molecule has 0 amide bonds. The average molecular weight is 394 g/mol. The Morgan fingerprint density at radius 3 is 2.48 bits per heavy atom. The molecule has 0 atom stereocenters. The maximum atomic E-state index is 4.44. The van der Waals surface area contributed by atoms with Gasteiger partial charge in [-0.1, -0.05) is 17.7 Å². The summed E-state index contributed by atoms with van der Waals surface area (Å²) in [5.41, 5.74) is 3.14. The molecule has 108 valence electrons. The summed E-state index contributed by atoms with van der Waals surface area (Å²) in [7, 11) is 0. The van der Waals surface area contributed by atoms with Gasteiger partial charge in [-0.15, -0.1) is 10.2 Å². The number of hydrogen-bond donors (Lipinski definition) is 0. The maximum absolute atomic E-state index is 4.44. The number of halogens is 1. The first-order valence-corrected chi connectivity index (χ1v) is 7.74. The summed E-state index contributed by atoms with van der Waals surface area (Å²) in [6, 6.07) is 8.43. The lowest BCUT2D eigenvalue weighted by Crippen LogP contribution is -2.04. The largest absolute Gasteiger partial charge is 0.227 e. The van der Waals surface area contributed by atoms with Gasteiger partial charge in [0.25, 0.3) is 0 Å². The number of benzene rings is 1. The van der Waals surface area contributed by atoms with Gasteiger partial charge in [-0.25, -0.2) is 4.68 Å². The maximum Gasteiger partial charge on any atom is 0.209 e. The van der Waals surface area contributed by atoms with E-state index in [4.69, 9.17) is 0 Å². The summed E-state index contributed by atoms with van der Waals surface area (Å²) >= 11 is 2.26. The van der Waals surface area contributed by atoms with Gasteiger partial charge in [0.15, 0.2) is 0 Å². The highest BCUT2D eigenvalue weighted by atomic mass is 127. The first-order chi connectivity index (χ1) is 10.1. The fraction of sp³-hybridized carbons (Fsp3) is 0.286. The molecule has 0 unspecified atom stereocenters. The van der Waals surface area contributed by atoms with Crippen molar-refractivity contribution in [3.63, 3.8) is 0 Å². The molecule has 0 fully saturated rings. The summed E-state index contributed by atoms with van der Waals surface area (Å²) in [6.07, 6.45) is 1.78. The van der Waals surface area contributed by atoms with Crippen molar-refractivity contribution in [1.82, 2.24) is 30.0 Å². The van der Waals surface area contributed by atoms with Gasteiger partial charge in [-0.3, -0.25) is 0 Å². The predicted octanol–water partition coefficient (Wildman–Crippen LogP) is 3.02. The van der Waals surface area contributed by atoms with Gasteiger partial charge in [0.2, 0.25) is 5.82 Å². The molecule has 6 nitrogen and oxygen atoms in total. The molecule has 3 rings (SSSR count). The molecule has 3 aromatic rings. The molecule has 0 aliphatic rings. The first-order valence-electron chi connectivity index (χ1n) is 6.66. The molecular formula is C14H15IN6. The van der Waals surface area contributed by atoms with Crippen molar-refractivity contribution >= 4 is 22.6 Å². The van der Waals surface area contributed by atoms with Gasteiger partial charge < -0.3 is 0 Å². The SMILES string of the molecule is Cc1ccc(-n2ncc(-c3nnn(C(C)C)n3)c2I)cc1. The molecule has 0 radical (unpaired) electrons. The number of tetrazole rings is 1. The Balaban J connectivity index is 2.00. The third kappa shape index (κ3) is 2.69. The first kappa shape index (κ1) is 14.2. The zero-order valence-electron chi connectivity index (χ0n) is 12.0. The van der Waals surface area contributed by atoms with E-state index in [0.717, 1.165) is 15.0 Å². The lowest BCUT2D eigenvalue weighted by atomic mass is 10.2. The summed E-state index contributed by atoms with van der Waals surface area (Å²) in [5, 5.41) is 17.0. The Labute approximate surface area is 136 Å². The normalized spacial score (nSPS) is 11.3. The summed E-state index contributed by atoms with van der Waals surface area (Å²) in [5.74, 6) is 0.603. The minimum absolute atomic E-state index is 0.191. The Hall–Kier alpha value is -1.77. The average Bonchev–Trinajstić information content (AvgIpc) is 3.06. The Morgan fingerprint density at radius 2 is 1.86 bits per heavy atom. The van der Waals surface area contributed by atoms with Crippen molar-refractivity contribution in [2.45, 2.75) is 26.8 Å². The van der Waals surface area contributed by atoms with E-state index < -0.39 is 0 Å². The van der Waals surface area contributed by atoms with Crippen molar-refractivity contribution in [1.29, 1.82) is 0 Å². The number of aryl methyl sites for hydroxylation is 1. The molecular weight excluding hydrogens is 379 g/mol. The fourth-order valence-corrected chi connectivity index (χ4v) is 2.68. The molecule has 0 saturated carbocycles. The Bertz CT molecular complexity index is 756. The highest BCUT2D eigenvalue weighted by Crippen LogP contribution is 2.24. The van der Waals surface area contributed by atoms with E-state index in [1.165, 1.54) is 5.56 Å². The number of aromatic nitrogens is 6. The predicted molar refractivity (Wildman–Crippen MR) is 88.2 cm³/mol. The molecule has 2 aromatic heterocycles. The monoisotopic (exact) mass is 394 g/mol. The van der Waals surface area contributed by atoms with Crippen molar-refractivity contribution in [2.24, 2.45) is 0 Å². The van der Waals surface area contributed by atoms with Gasteiger partial charge in [0, 0.05) is 0 Å². The van der Waals surface area contributed by atoms with Gasteiger partial charge in [-0.2, -0.15) is 9.90 Å². The van der Waals surface area contributed by atoms with E-state index in [-0.39, 0.29) is 6.04 Å². The molecule has 0 N–H and O–H groups in total. The standard InChI is InChI=1S/C14H15IN6/c1-9(2)21-18-14(17-19-21)12-8-16-20(13(12)15)11-6-4-10(3)5-7-11/h4-9H,1-3H3. The van der Waals surface area contributed by atoms with Crippen LogP contribution in [0, 0.1) is 10.6 Å². The van der Waals surface area contributed by atoms with Crippen LogP contribution in [-0.2, 0) is 0 Å². The molecule has 21 heavy (non-hydrogen) atoms. The van der Waals surface area contributed by atoms with E-state index in [1.54, 1.807) is 11.0 Å². The summed E-state index contributed by atoms with van der Waals surface area (Å²) < 4.78 is 2.85. The molecule has 2 heterocycles. The van der Waals surface area contributed by atoms with Crippen molar-refractivity contribution < 1.29 is 0 Å². The highest BCUT2D eigenvalue weighted by Gasteiger charge is 2.16. The second-order valence-electron chi connectivity index (χ2n) is 5.12. The molecule has 0 spiro atoms. The van der Waals surface area contributed by atoms with Crippen molar-refractivity contribution in [3.05, 3.63) is 39.7 Å². The van der Waals surface area contributed by atoms with E-state index in [9.17, 15) is 0 Å². The third-order valence-corrected chi connectivity index (χ3v) is 4.16. The molecule has 7 heteroatoms. The molecule has 0 aliphatic heterocycles. The topological polar surface area (TPSA) is 61.4 Å². The van der Waals surface area contributed by atoms with Gasteiger partial charge in [0.05, 0.1) is 23.5 Å². The van der Waals surface area contributed by atoms with Crippen LogP contribution in [0.1, 0.15) is 25.5 Å². The zero-order chi connectivity index (χ0) is 15.0. The van der Waals surface area contributed by atoms with Gasteiger partial charge in [0.1, 0.15) is 3.70 Å².